The van der Waals surface area contributed by atoms with Gasteiger partial charge in [-0.1, -0.05) is 6.92 Å². The van der Waals surface area contributed by atoms with Gasteiger partial charge in [-0.3, -0.25) is 4.79 Å². The minimum absolute atomic E-state index is 0.105. The summed E-state index contributed by atoms with van der Waals surface area (Å²) in [7, 11) is 3.18. The van der Waals surface area contributed by atoms with Gasteiger partial charge in [0.1, 0.15) is 5.76 Å². The van der Waals surface area contributed by atoms with Crippen molar-refractivity contribution in [2.45, 2.75) is 26.3 Å². The summed E-state index contributed by atoms with van der Waals surface area (Å²) in [6, 6.07) is 4.93. The van der Waals surface area contributed by atoms with E-state index in [-0.39, 0.29) is 40.6 Å². The van der Waals surface area contributed by atoms with Crippen LogP contribution in [0.25, 0.3) is 0 Å². The van der Waals surface area contributed by atoms with Crippen LogP contribution in [-0.4, -0.2) is 43.3 Å². The van der Waals surface area contributed by atoms with Crippen molar-refractivity contribution in [2.24, 2.45) is 0 Å². The minimum Gasteiger partial charge on any atom is -0.546 e. The highest BCUT2D eigenvalue weighted by molar-refractivity contribution is 9.10. The maximum Gasteiger partial charge on any atom is 0.258 e. The van der Waals surface area contributed by atoms with Gasteiger partial charge in [-0.2, -0.15) is 0 Å². The average Bonchev–Trinajstić information content (AvgIpc) is 3.27. The summed E-state index contributed by atoms with van der Waals surface area (Å²) in [6.45, 7) is 3.91. The van der Waals surface area contributed by atoms with Crippen molar-refractivity contribution in [3.05, 3.63) is 45.8 Å². The molecule has 0 saturated heterocycles. The van der Waals surface area contributed by atoms with Gasteiger partial charge < -0.3 is 29.6 Å². The van der Waals surface area contributed by atoms with E-state index in [4.69, 9.17) is 4.42 Å². The van der Waals surface area contributed by atoms with Crippen LogP contribution in [0.5, 0.6) is 5.75 Å². The van der Waals surface area contributed by atoms with Crippen molar-refractivity contribution in [3.8, 4) is 5.75 Å². The van der Waals surface area contributed by atoms with E-state index in [1.54, 1.807) is 32.5 Å². The SMILES string of the molecule is CC[C@@H](Nc1n[s+]([O-])nc1Nc1ccc(Br)c(C(=O)N(C)C)c1O)c1cc(C)co1. The van der Waals surface area contributed by atoms with Gasteiger partial charge in [-0.05, 0) is 53.0 Å². The number of carbonyl (C=O) groups is 1. The molecule has 3 aromatic rings. The molecule has 0 aliphatic heterocycles. The third kappa shape index (κ3) is 4.58. The lowest BCUT2D eigenvalue weighted by Gasteiger charge is -2.16. The summed E-state index contributed by atoms with van der Waals surface area (Å²) in [4.78, 5) is 13.8. The zero-order valence-corrected chi connectivity index (χ0v) is 19.3. The molecule has 30 heavy (non-hydrogen) atoms. The Morgan fingerprint density at radius 1 is 1.37 bits per heavy atom. The van der Waals surface area contributed by atoms with Crippen molar-refractivity contribution in [1.82, 2.24) is 13.6 Å². The Labute approximate surface area is 185 Å². The third-order valence-corrected chi connectivity index (χ3v) is 5.72. The molecular formula is C19H22BrN5O4S. The van der Waals surface area contributed by atoms with Crippen molar-refractivity contribution in [3.63, 3.8) is 0 Å². The molecule has 0 bridgehead atoms. The fourth-order valence-electron chi connectivity index (χ4n) is 2.84. The van der Waals surface area contributed by atoms with E-state index in [0.717, 1.165) is 11.3 Å². The van der Waals surface area contributed by atoms with Gasteiger partial charge in [-0.15, -0.1) is 0 Å². The van der Waals surface area contributed by atoms with Gasteiger partial charge in [0.2, 0.25) is 11.6 Å². The molecule has 1 amide bonds. The van der Waals surface area contributed by atoms with Gasteiger partial charge in [-0.25, -0.2) is 0 Å². The van der Waals surface area contributed by atoms with Crippen LogP contribution < -0.4 is 10.6 Å². The second-order valence-electron chi connectivity index (χ2n) is 6.89. The highest BCUT2D eigenvalue weighted by Crippen LogP contribution is 2.38. The molecule has 0 aliphatic carbocycles. The van der Waals surface area contributed by atoms with E-state index in [0.29, 0.717) is 10.9 Å². The summed E-state index contributed by atoms with van der Waals surface area (Å²) in [6.07, 6.45) is 2.35. The first-order chi connectivity index (χ1) is 14.2. The molecular weight excluding hydrogens is 474 g/mol. The molecule has 0 saturated carbocycles. The van der Waals surface area contributed by atoms with E-state index in [2.05, 4.69) is 35.3 Å². The quantitative estimate of drug-likeness (QED) is 0.321. The first-order valence-electron chi connectivity index (χ1n) is 9.12. The lowest BCUT2D eigenvalue weighted by molar-refractivity contribution is 0.0824. The van der Waals surface area contributed by atoms with Crippen LogP contribution >= 0.6 is 27.1 Å². The molecule has 0 spiro atoms. The highest BCUT2D eigenvalue weighted by Gasteiger charge is 2.25. The lowest BCUT2D eigenvalue weighted by atomic mass is 10.1. The number of furan rings is 1. The van der Waals surface area contributed by atoms with Crippen molar-refractivity contribution in [1.29, 1.82) is 0 Å². The number of nitrogens with zero attached hydrogens (tertiary/aromatic N) is 3. The summed E-state index contributed by atoms with van der Waals surface area (Å²) in [5.74, 6) is 0.566. The number of anilines is 3. The number of aromatic nitrogens is 2. The highest BCUT2D eigenvalue weighted by atomic mass is 79.9. The standard InChI is InChI=1S/C19H22BrN5O4S/c1-5-12(14-8-10(2)9-29-14)21-17-18(24-30(28)23-17)22-13-7-6-11(20)15(16(13)26)19(27)25(3)4/h6-9,12,26H,5H2,1-4H3,(H,21,23)(H,22,24)/t12-,30?/m1/s1. The normalized spacial score (nSPS) is 12.5. The summed E-state index contributed by atoms with van der Waals surface area (Å²) in [5, 5.41) is 16.8. The molecule has 3 rings (SSSR count). The number of phenols is 1. The molecule has 9 nitrogen and oxygen atoms in total. The van der Waals surface area contributed by atoms with Crippen LogP contribution in [-0.2, 0) is 0 Å². The van der Waals surface area contributed by atoms with Gasteiger partial charge in [0.15, 0.2) is 16.9 Å². The number of amides is 1. The fraction of sp³-hybridized carbons (Fsp3) is 0.316. The van der Waals surface area contributed by atoms with Gasteiger partial charge in [0.25, 0.3) is 5.91 Å². The van der Waals surface area contributed by atoms with Crippen molar-refractivity contribution < 1.29 is 18.9 Å². The lowest BCUT2D eigenvalue weighted by Crippen LogP contribution is -2.22. The van der Waals surface area contributed by atoms with Gasteiger partial charge >= 0.3 is 0 Å². The van der Waals surface area contributed by atoms with Crippen LogP contribution in [0.2, 0.25) is 0 Å². The molecule has 1 unspecified atom stereocenters. The zero-order valence-electron chi connectivity index (χ0n) is 16.9. The first-order valence-corrected chi connectivity index (χ1v) is 11.0. The summed E-state index contributed by atoms with van der Waals surface area (Å²) >= 11 is 1.49. The third-order valence-electron chi connectivity index (χ3n) is 4.38. The molecule has 3 N–H and O–H groups in total. The molecule has 160 valence electrons. The summed E-state index contributed by atoms with van der Waals surface area (Å²) in [5.41, 5.74) is 1.33. The Kier molecular flexibility index (Phi) is 6.64. The smallest absolute Gasteiger partial charge is 0.258 e. The Balaban J connectivity index is 1.92. The fourth-order valence-corrected chi connectivity index (χ4v) is 3.95. The number of aromatic hydroxyl groups is 1. The number of halogens is 1. The second kappa shape index (κ2) is 9.02. The molecule has 2 aromatic heterocycles. The number of hydrogen-bond donors (Lipinski definition) is 3. The predicted molar refractivity (Wildman–Crippen MR) is 118 cm³/mol. The molecule has 11 heteroatoms. The van der Waals surface area contributed by atoms with Crippen molar-refractivity contribution in [2.75, 3.05) is 24.7 Å². The maximum atomic E-state index is 12.4. The maximum absolute atomic E-state index is 12.4. The van der Waals surface area contributed by atoms with E-state index >= 15 is 0 Å². The van der Waals surface area contributed by atoms with E-state index in [1.165, 1.54) is 4.90 Å². The van der Waals surface area contributed by atoms with Crippen LogP contribution in [0.15, 0.2) is 33.4 Å². The molecule has 0 aliphatic rings. The van der Waals surface area contributed by atoms with E-state index in [9.17, 15) is 14.5 Å². The Bertz CT molecular complexity index is 1070. The van der Waals surface area contributed by atoms with E-state index in [1.807, 2.05) is 19.9 Å². The number of phenolic OH excluding ortho intramolecular Hbond substituents is 1. The number of hydrogen-bond acceptors (Lipinski definition) is 8. The molecule has 2 atom stereocenters. The molecule has 0 fully saturated rings. The Hall–Kier alpha value is -2.63. The minimum atomic E-state index is -1.80. The van der Waals surface area contributed by atoms with Gasteiger partial charge in [0, 0.05) is 27.3 Å². The molecule has 2 heterocycles. The summed E-state index contributed by atoms with van der Waals surface area (Å²) < 4.78 is 26.0. The van der Waals surface area contributed by atoms with Crippen molar-refractivity contribution >= 4 is 50.3 Å². The Morgan fingerprint density at radius 2 is 2.07 bits per heavy atom. The predicted octanol–water partition coefficient (Wildman–Crippen LogP) is 4.58. The largest absolute Gasteiger partial charge is 0.546 e. The average molecular weight is 496 g/mol. The van der Waals surface area contributed by atoms with E-state index < -0.39 is 11.1 Å². The second-order valence-corrected chi connectivity index (χ2v) is 8.57. The number of nitrogens with one attached hydrogen (secondary N) is 2. The molecule has 0 radical (unpaired) electrons. The topological polar surface area (TPSA) is 127 Å². The Morgan fingerprint density at radius 3 is 2.67 bits per heavy atom. The zero-order chi connectivity index (χ0) is 22.0. The first kappa shape index (κ1) is 22.1. The van der Waals surface area contributed by atoms with Crippen LogP contribution in [0, 0.1) is 6.92 Å². The van der Waals surface area contributed by atoms with Crippen LogP contribution in [0.1, 0.15) is 41.1 Å². The van der Waals surface area contributed by atoms with Crippen LogP contribution in [0.4, 0.5) is 17.3 Å². The monoisotopic (exact) mass is 495 g/mol. The number of benzene rings is 1. The van der Waals surface area contributed by atoms with Gasteiger partial charge in [0.05, 0.1) is 23.6 Å². The molecule has 1 aromatic carbocycles. The number of rotatable bonds is 7. The number of carbonyl (C=O) groups excluding carboxylic acids is 1. The number of aryl methyl sites for hydroxylation is 1. The van der Waals surface area contributed by atoms with Crippen LogP contribution in [0.3, 0.4) is 0 Å².